The van der Waals surface area contributed by atoms with E-state index in [0.717, 1.165) is 50.6 Å². The summed E-state index contributed by atoms with van der Waals surface area (Å²) in [5.41, 5.74) is 8.02. The quantitative estimate of drug-likeness (QED) is 0.228. The average molecular weight is 501 g/mol. The van der Waals surface area contributed by atoms with Gasteiger partial charge in [-0.05, 0) is 60.3 Å². The van der Waals surface area contributed by atoms with Gasteiger partial charge >= 0.3 is 0 Å². The lowest BCUT2D eigenvalue weighted by Crippen LogP contribution is -2.35. The smallest absolute Gasteiger partial charge is 0.142 e. The van der Waals surface area contributed by atoms with E-state index in [2.05, 4.69) is 88.3 Å². The molecule has 0 spiro atoms. The zero-order chi connectivity index (χ0) is 27.4. The Morgan fingerprint density at radius 2 is 1.74 bits per heavy atom. The van der Waals surface area contributed by atoms with Crippen molar-refractivity contribution in [2.24, 2.45) is 0 Å². The minimum absolute atomic E-state index is 0.422. The van der Waals surface area contributed by atoms with Crippen molar-refractivity contribution in [1.82, 2.24) is 9.97 Å². The minimum Gasteiger partial charge on any atom is -0.376 e. The van der Waals surface area contributed by atoms with E-state index in [-0.39, 0.29) is 0 Å². The Hall–Kier alpha value is -4.08. The number of rotatable bonds is 6. The third-order valence-electron chi connectivity index (χ3n) is 7.95. The number of allylic oxidation sites excluding steroid dienone is 4. The van der Waals surface area contributed by atoms with Gasteiger partial charge in [-0.1, -0.05) is 87.7 Å². The van der Waals surface area contributed by atoms with E-state index in [1.54, 1.807) is 0 Å². The van der Waals surface area contributed by atoms with Crippen LogP contribution in [-0.4, -0.2) is 15.1 Å². The highest BCUT2D eigenvalue weighted by molar-refractivity contribution is 6.02. The maximum atomic E-state index is 12.5. The molecule has 2 aromatic heterocycles. The van der Waals surface area contributed by atoms with E-state index in [1.165, 1.54) is 11.1 Å². The van der Waals surface area contributed by atoms with Crippen molar-refractivity contribution in [1.29, 1.82) is 0 Å². The molecule has 0 bridgehead atoms. The molecular weight excluding hydrogens is 464 g/mol. The Balaban J connectivity index is 1.69. The maximum Gasteiger partial charge on any atom is 0.142 e. The fraction of sp³-hybridized carbons (Fsp3) is 0.200. The Kier molecular flexibility index (Phi) is 6.08. The summed E-state index contributed by atoms with van der Waals surface area (Å²) < 4.78 is 0. The normalized spacial score (nSPS) is 18.2. The molecule has 3 nitrogen and oxygen atoms in total. The van der Waals surface area contributed by atoms with Gasteiger partial charge in [0.2, 0.25) is 0 Å². The van der Waals surface area contributed by atoms with Gasteiger partial charge in [0.15, 0.2) is 0 Å². The number of aromatic nitrogens is 2. The molecule has 5 rings (SSSR count). The Bertz CT molecular complexity index is 1710. The van der Waals surface area contributed by atoms with Crippen molar-refractivity contribution in [3.63, 3.8) is 0 Å². The lowest BCUT2D eigenvalue weighted by molar-refractivity contribution is 0.122. The molecule has 1 unspecified atom stereocenters. The Morgan fingerprint density at radius 1 is 1.03 bits per heavy atom. The summed E-state index contributed by atoms with van der Waals surface area (Å²) in [7, 11) is 0. The molecule has 0 amide bonds. The van der Waals surface area contributed by atoms with Gasteiger partial charge in [0.25, 0.3) is 0 Å². The van der Waals surface area contributed by atoms with E-state index in [9.17, 15) is 5.11 Å². The van der Waals surface area contributed by atoms with Crippen LogP contribution in [0.25, 0.3) is 27.4 Å². The second kappa shape index (κ2) is 9.04. The van der Waals surface area contributed by atoms with Crippen molar-refractivity contribution in [3.8, 4) is 0 Å². The second-order valence-electron chi connectivity index (χ2n) is 11.1. The number of fused-ring (bicyclic) bond motifs is 2. The summed E-state index contributed by atoms with van der Waals surface area (Å²) >= 11 is 0. The zero-order valence-corrected chi connectivity index (χ0v) is 22.8. The number of hydrogen-bond donors (Lipinski definition) is 3. The van der Waals surface area contributed by atoms with Gasteiger partial charge in [-0.25, -0.2) is 0 Å². The molecule has 0 aliphatic heterocycles. The van der Waals surface area contributed by atoms with Crippen molar-refractivity contribution in [2.75, 3.05) is 0 Å². The third-order valence-corrected chi connectivity index (χ3v) is 7.95. The van der Waals surface area contributed by atoms with Crippen LogP contribution in [-0.2, 0) is 17.4 Å². The summed E-state index contributed by atoms with van der Waals surface area (Å²) in [5, 5.41) is 14.5. The van der Waals surface area contributed by atoms with Crippen LogP contribution < -0.4 is 0 Å². The number of hydrogen-bond acceptors (Lipinski definition) is 1. The van der Waals surface area contributed by atoms with E-state index >= 15 is 0 Å². The lowest BCUT2D eigenvalue weighted by atomic mass is 9.68. The van der Waals surface area contributed by atoms with Gasteiger partial charge in [-0.2, -0.15) is 0 Å². The highest BCUT2D eigenvalue weighted by atomic mass is 16.3. The predicted molar refractivity (Wildman–Crippen MR) is 162 cm³/mol. The molecule has 3 N–H and O–H groups in total. The molecule has 38 heavy (non-hydrogen) atoms. The van der Waals surface area contributed by atoms with Crippen LogP contribution in [0, 0.1) is 0 Å². The summed E-state index contributed by atoms with van der Waals surface area (Å²) in [6, 6.07) is 14.4. The number of benzene rings is 2. The van der Waals surface area contributed by atoms with Gasteiger partial charge < -0.3 is 15.1 Å². The molecule has 3 heteroatoms. The molecule has 4 aromatic rings. The van der Waals surface area contributed by atoms with Crippen LogP contribution in [0.3, 0.4) is 0 Å². The first-order chi connectivity index (χ1) is 18.0. The van der Waals surface area contributed by atoms with Crippen LogP contribution in [0.4, 0.5) is 0 Å². The number of H-pyrrole nitrogens is 2. The number of aliphatic hydroxyl groups is 1. The molecule has 1 aliphatic rings. The average Bonchev–Trinajstić information content (AvgIpc) is 3.51. The lowest BCUT2D eigenvalue weighted by Gasteiger charge is -2.39. The summed E-state index contributed by atoms with van der Waals surface area (Å²) in [6.45, 7) is 25.7. The van der Waals surface area contributed by atoms with E-state index < -0.39 is 11.0 Å². The van der Waals surface area contributed by atoms with Gasteiger partial charge in [-0.15, -0.1) is 6.58 Å². The third kappa shape index (κ3) is 3.77. The molecule has 192 valence electrons. The molecule has 2 aromatic carbocycles. The van der Waals surface area contributed by atoms with Crippen molar-refractivity contribution >= 4 is 27.4 Å². The SMILES string of the molecule is C=CC(C)(C)c1[nH]c2ccccc2c1C1(O)C(=C)C=C(c2c[nH]c3c(CC=C(C)C)cccc23)C(=C)C1=C. The second-order valence-corrected chi connectivity index (χ2v) is 11.1. The maximum absolute atomic E-state index is 12.5. The fourth-order valence-electron chi connectivity index (χ4n) is 5.52. The molecule has 2 heterocycles. The Labute approximate surface area is 225 Å². The highest BCUT2D eigenvalue weighted by Gasteiger charge is 2.45. The van der Waals surface area contributed by atoms with Crippen LogP contribution in [0.1, 0.15) is 50.1 Å². The first-order valence-corrected chi connectivity index (χ1v) is 13.0. The number of aromatic amines is 2. The number of para-hydroxylation sites is 2. The molecule has 0 saturated heterocycles. The monoisotopic (exact) mass is 500 g/mol. The minimum atomic E-state index is -1.52. The molecule has 0 saturated carbocycles. The van der Waals surface area contributed by atoms with Gasteiger partial charge in [0, 0.05) is 50.2 Å². The van der Waals surface area contributed by atoms with E-state index in [1.807, 2.05) is 42.6 Å². The van der Waals surface area contributed by atoms with Crippen LogP contribution >= 0.6 is 0 Å². The van der Waals surface area contributed by atoms with Gasteiger partial charge in [-0.3, -0.25) is 0 Å². The molecule has 0 fully saturated rings. The van der Waals surface area contributed by atoms with E-state index in [4.69, 9.17) is 0 Å². The first kappa shape index (κ1) is 25.6. The van der Waals surface area contributed by atoms with Crippen molar-refractivity contribution in [2.45, 2.75) is 45.1 Å². The standard InChI is InChI=1S/C35H36N2O/c1-9-34(7,8)33-31(27-14-10-11-16-30(27)37-33)35(38)22(4)19-28(23(5)24(35)6)29-20-36-32-25(18-17-21(2)3)13-12-15-26(29)32/h9-17,19-20,36-38H,1,4-6,18H2,2-3,7-8H3. The number of nitrogens with one attached hydrogen (secondary N) is 2. The van der Waals surface area contributed by atoms with Gasteiger partial charge in [0.1, 0.15) is 5.60 Å². The molecule has 1 atom stereocenters. The molecule has 0 radical (unpaired) electrons. The van der Waals surface area contributed by atoms with Crippen molar-refractivity contribution in [3.05, 3.63) is 138 Å². The highest BCUT2D eigenvalue weighted by Crippen LogP contribution is 2.52. The zero-order valence-electron chi connectivity index (χ0n) is 22.8. The van der Waals surface area contributed by atoms with Crippen LogP contribution in [0.5, 0.6) is 0 Å². The van der Waals surface area contributed by atoms with E-state index in [0.29, 0.717) is 16.7 Å². The van der Waals surface area contributed by atoms with Crippen molar-refractivity contribution < 1.29 is 5.11 Å². The largest absolute Gasteiger partial charge is 0.376 e. The summed E-state index contributed by atoms with van der Waals surface area (Å²) in [4.78, 5) is 7.04. The summed E-state index contributed by atoms with van der Waals surface area (Å²) in [5.74, 6) is 0. The topological polar surface area (TPSA) is 51.8 Å². The molecular formula is C35H36N2O. The Morgan fingerprint density at radius 3 is 2.45 bits per heavy atom. The fourth-order valence-corrected chi connectivity index (χ4v) is 5.52. The first-order valence-electron chi connectivity index (χ1n) is 13.0. The van der Waals surface area contributed by atoms with Gasteiger partial charge in [0.05, 0.1) is 0 Å². The molecule has 1 aliphatic carbocycles. The van der Waals surface area contributed by atoms with Crippen LogP contribution in [0.15, 0.2) is 115 Å². The summed E-state index contributed by atoms with van der Waals surface area (Å²) in [6.07, 6.45) is 8.99. The predicted octanol–water partition coefficient (Wildman–Crippen LogP) is 8.57. The van der Waals surface area contributed by atoms with Crippen LogP contribution in [0.2, 0.25) is 0 Å².